The molecule has 1 heterocycles. The molecule has 1 aliphatic heterocycles. The van der Waals surface area contributed by atoms with E-state index in [-0.39, 0.29) is 41.4 Å². The second kappa shape index (κ2) is 8.91. The molecule has 3 aliphatic rings. The van der Waals surface area contributed by atoms with Gasteiger partial charge in [0.05, 0.1) is 11.8 Å². The molecule has 8 heteroatoms. The Labute approximate surface area is 182 Å². The molecular formula is C23H29N5O3. The molecule has 31 heavy (non-hydrogen) atoms. The van der Waals surface area contributed by atoms with Gasteiger partial charge in [0.25, 0.3) is 5.91 Å². The van der Waals surface area contributed by atoms with Crippen molar-refractivity contribution >= 4 is 23.7 Å². The molecule has 164 valence electrons. The van der Waals surface area contributed by atoms with Gasteiger partial charge in [-0.05, 0) is 42.4 Å². The average Bonchev–Trinajstić information content (AvgIpc) is 3.47. The lowest BCUT2D eigenvalue weighted by atomic mass is 9.85. The summed E-state index contributed by atoms with van der Waals surface area (Å²) >= 11 is 0. The smallest absolute Gasteiger partial charge is 0.251 e. The van der Waals surface area contributed by atoms with E-state index >= 15 is 0 Å². The van der Waals surface area contributed by atoms with Crippen LogP contribution in [0, 0.1) is 23.7 Å². The highest BCUT2D eigenvalue weighted by Crippen LogP contribution is 2.52. The van der Waals surface area contributed by atoms with Gasteiger partial charge in [-0.3, -0.25) is 24.3 Å². The topological polar surface area (TPSA) is 103 Å². The number of aliphatic imine (C=N–C) groups is 1. The van der Waals surface area contributed by atoms with Crippen molar-refractivity contribution in [3.63, 3.8) is 0 Å². The van der Waals surface area contributed by atoms with Gasteiger partial charge in [-0.15, -0.1) is 0 Å². The van der Waals surface area contributed by atoms with E-state index in [9.17, 15) is 14.4 Å². The largest absolute Gasteiger partial charge is 0.356 e. The Hall–Kier alpha value is -3.16. The number of nitrogens with one attached hydrogen (secondary N) is 3. The number of likely N-dealkylation sites (tertiary alicyclic amines) is 1. The molecule has 3 amide bonds. The van der Waals surface area contributed by atoms with E-state index in [1.54, 1.807) is 20.2 Å². The molecule has 1 aromatic carbocycles. The first kappa shape index (κ1) is 21.1. The summed E-state index contributed by atoms with van der Waals surface area (Å²) in [4.78, 5) is 42.8. The van der Waals surface area contributed by atoms with Crippen LogP contribution in [0.2, 0.25) is 0 Å². The summed E-state index contributed by atoms with van der Waals surface area (Å²) < 4.78 is 0. The molecule has 0 aromatic heterocycles. The van der Waals surface area contributed by atoms with Crippen molar-refractivity contribution in [2.45, 2.75) is 12.8 Å². The summed E-state index contributed by atoms with van der Waals surface area (Å²) in [6.07, 6.45) is 5.89. The van der Waals surface area contributed by atoms with Gasteiger partial charge in [0, 0.05) is 39.3 Å². The number of imide groups is 1. The number of rotatable bonds is 7. The van der Waals surface area contributed by atoms with Gasteiger partial charge in [0.15, 0.2) is 5.96 Å². The van der Waals surface area contributed by atoms with Gasteiger partial charge in [-0.2, -0.15) is 0 Å². The summed E-state index contributed by atoms with van der Waals surface area (Å²) in [5.74, 6) is 0.646. The predicted octanol–water partition coefficient (Wildman–Crippen LogP) is 0.561. The van der Waals surface area contributed by atoms with Crippen LogP contribution in [0.3, 0.4) is 0 Å². The molecule has 4 rings (SSSR count). The highest BCUT2D eigenvalue weighted by molar-refractivity contribution is 6.06. The Balaban J connectivity index is 1.22. The number of hydrogen-bond acceptors (Lipinski definition) is 4. The molecule has 1 saturated carbocycles. The molecule has 0 radical (unpaired) electrons. The number of guanidine groups is 1. The van der Waals surface area contributed by atoms with Gasteiger partial charge in [0.2, 0.25) is 11.8 Å². The fraction of sp³-hybridized carbons (Fsp3) is 0.478. The van der Waals surface area contributed by atoms with Crippen LogP contribution in [0.25, 0.3) is 0 Å². The standard InChI is InChI=1S/C23H29N5O3/c1-24-20(29)17-5-3-4-14(12-17)8-9-26-23(25-2)27-10-11-28-21(30)18-15-6-7-16(13-15)19(18)22(28)31/h3-7,12,15-16,18-19H,8-11,13H2,1-2H3,(H,24,29)(H2,25,26,27). The molecule has 8 nitrogen and oxygen atoms in total. The zero-order valence-electron chi connectivity index (χ0n) is 17.9. The molecule has 0 spiro atoms. The minimum absolute atomic E-state index is 0.0207. The maximum Gasteiger partial charge on any atom is 0.251 e. The molecule has 1 saturated heterocycles. The lowest BCUT2D eigenvalue weighted by Crippen LogP contribution is -2.44. The van der Waals surface area contributed by atoms with Gasteiger partial charge >= 0.3 is 0 Å². The zero-order valence-corrected chi connectivity index (χ0v) is 17.9. The maximum atomic E-state index is 12.7. The first-order valence-corrected chi connectivity index (χ1v) is 10.8. The lowest BCUT2D eigenvalue weighted by molar-refractivity contribution is -0.140. The summed E-state index contributed by atoms with van der Waals surface area (Å²) in [5, 5.41) is 9.04. The summed E-state index contributed by atoms with van der Waals surface area (Å²) in [6.45, 7) is 1.43. The summed E-state index contributed by atoms with van der Waals surface area (Å²) in [7, 11) is 3.30. The van der Waals surface area contributed by atoms with E-state index in [0.717, 1.165) is 18.4 Å². The number of amides is 3. The number of benzene rings is 1. The Morgan fingerprint density at radius 2 is 1.77 bits per heavy atom. The van der Waals surface area contributed by atoms with E-state index in [1.165, 1.54) is 4.90 Å². The monoisotopic (exact) mass is 423 g/mol. The zero-order chi connectivity index (χ0) is 22.0. The van der Waals surface area contributed by atoms with Crippen molar-refractivity contribution < 1.29 is 14.4 Å². The molecule has 1 aromatic rings. The Bertz CT molecular complexity index is 911. The van der Waals surface area contributed by atoms with E-state index < -0.39 is 0 Å². The van der Waals surface area contributed by atoms with Crippen LogP contribution >= 0.6 is 0 Å². The minimum atomic E-state index is -0.148. The second-order valence-electron chi connectivity index (χ2n) is 8.28. The number of hydrogen-bond donors (Lipinski definition) is 3. The van der Waals surface area contributed by atoms with Crippen LogP contribution in [0.15, 0.2) is 41.4 Å². The van der Waals surface area contributed by atoms with Gasteiger partial charge < -0.3 is 16.0 Å². The van der Waals surface area contributed by atoms with Crippen molar-refractivity contribution in [3.8, 4) is 0 Å². The van der Waals surface area contributed by atoms with E-state index in [2.05, 4.69) is 33.1 Å². The van der Waals surface area contributed by atoms with Crippen LogP contribution in [0.4, 0.5) is 0 Å². The van der Waals surface area contributed by atoms with Crippen molar-refractivity contribution in [2.75, 3.05) is 33.7 Å². The SMILES string of the molecule is CN=C(NCCc1cccc(C(=O)NC)c1)NCCN1C(=O)C2C3C=CC(C3)C2C1=O. The molecule has 3 N–H and O–H groups in total. The average molecular weight is 424 g/mol. The third kappa shape index (κ3) is 4.06. The van der Waals surface area contributed by atoms with Crippen LogP contribution < -0.4 is 16.0 Å². The minimum Gasteiger partial charge on any atom is -0.356 e. The van der Waals surface area contributed by atoms with Gasteiger partial charge in [-0.1, -0.05) is 24.3 Å². The van der Waals surface area contributed by atoms with E-state index in [0.29, 0.717) is 31.2 Å². The quantitative estimate of drug-likeness (QED) is 0.257. The maximum absolute atomic E-state index is 12.7. The number of nitrogens with zero attached hydrogens (tertiary/aromatic N) is 2. The van der Waals surface area contributed by atoms with Crippen molar-refractivity contribution in [1.29, 1.82) is 0 Å². The fourth-order valence-electron chi connectivity index (χ4n) is 5.03. The predicted molar refractivity (Wildman–Crippen MR) is 117 cm³/mol. The molecule has 2 aliphatic carbocycles. The van der Waals surface area contributed by atoms with E-state index in [1.807, 2.05) is 18.2 Å². The van der Waals surface area contributed by atoms with E-state index in [4.69, 9.17) is 0 Å². The molecule has 4 atom stereocenters. The summed E-state index contributed by atoms with van der Waals surface area (Å²) in [5.41, 5.74) is 1.68. The molecule has 2 bridgehead atoms. The first-order chi connectivity index (χ1) is 15.0. The Morgan fingerprint density at radius 1 is 1.10 bits per heavy atom. The van der Waals surface area contributed by atoms with Gasteiger partial charge in [0.1, 0.15) is 0 Å². The highest BCUT2D eigenvalue weighted by Gasteiger charge is 2.58. The Morgan fingerprint density at radius 3 is 2.42 bits per heavy atom. The van der Waals surface area contributed by atoms with Gasteiger partial charge in [-0.25, -0.2) is 0 Å². The number of carbonyl (C=O) groups excluding carboxylic acids is 3. The highest BCUT2D eigenvalue weighted by atomic mass is 16.2. The molecular weight excluding hydrogens is 394 g/mol. The van der Waals surface area contributed by atoms with Crippen molar-refractivity contribution in [3.05, 3.63) is 47.5 Å². The fourth-order valence-corrected chi connectivity index (χ4v) is 5.03. The van der Waals surface area contributed by atoms with Crippen LogP contribution in [0.1, 0.15) is 22.3 Å². The third-order valence-electron chi connectivity index (χ3n) is 6.54. The van der Waals surface area contributed by atoms with Crippen LogP contribution in [-0.4, -0.2) is 62.3 Å². The number of carbonyl (C=O) groups is 3. The summed E-state index contributed by atoms with van der Waals surface area (Å²) in [6, 6.07) is 7.51. The number of fused-ring (bicyclic) bond motifs is 5. The van der Waals surface area contributed by atoms with Crippen LogP contribution in [-0.2, 0) is 16.0 Å². The second-order valence-corrected chi connectivity index (χ2v) is 8.28. The normalized spacial score (nSPS) is 26.4. The van der Waals surface area contributed by atoms with Crippen molar-refractivity contribution in [1.82, 2.24) is 20.9 Å². The first-order valence-electron chi connectivity index (χ1n) is 10.8. The Kier molecular flexibility index (Phi) is 6.06. The molecule has 2 fully saturated rings. The van der Waals surface area contributed by atoms with Crippen molar-refractivity contribution in [2.24, 2.45) is 28.7 Å². The molecule has 4 unspecified atom stereocenters. The number of allylic oxidation sites excluding steroid dienone is 2. The van der Waals surface area contributed by atoms with Crippen LogP contribution in [0.5, 0.6) is 0 Å². The lowest BCUT2D eigenvalue weighted by Gasteiger charge is -2.18. The third-order valence-corrected chi connectivity index (χ3v) is 6.54.